The lowest BCUT2D eigenvalue weighted by molar-refractivity contribution is 0.0986. The van der Waals surface area contributed by atoms with Crippen LogP contribution in [0.25, 0.3) is 10.9 Å². The smallest absolute Gasteiger partial charge is 0.317 e. The molecule has 112 valence electrons. The molecule has 8 heteroatoms. The van der Waals surface area contributed by atoms with Crippen LogP contribution in [-0.2, 0) is 0 Å². The standard InChI is InChI=1S/C14H12N4O4/c1-7-5-11(18-22-7)13(19)17-16-12-9-6-8(21-2)3-4-10(9)15-14(12)20/h3-6,15,20H,1-2H3. The van der Waals surface area contributed by atoms with Gasteiger partial charge in [0.15, 0.2) is 11.4 Å². The van der Waals surface area contributed by atoms with E-state index in [2.05, 4.69) is 20.4 Å². The van der Waals surface area contributed by atoms with Crippen LogP contribution < -0.4 is 4.74 Å². The van der Waals surface area contributed by atoms with Crippen LogP contribution in [0.1, 0.15) is 16.2 Å². The Labute approximate surface area is 124 Å². The molecule has 0 unspecified atom stereocenters. The van der Waals surface area contributed by atoms with Gasteiger partial charge < -0.3 is 19.4 Å². The summed E-state index contributed by atoms with van der Waals surface area (Å²) >= 11 is 0. The van der Waals surface area contributed by atoms with E-state index in [4.69, 9.17) is 9.26 Å². The Morgan fingerprint density at radius 1 is 1.41 bits per heavy atom. The maximum absolute atomic E-state index is 11.8. The Bertz CT molecular complexity index is 878. The molecular weight excluding hydrogens is 288 g/mol. The molecule has 1 aromatic carbocycles. The zero-order valence-electron chi connectivity index (χ0n) is 11.8. The number of rotatable bonds is 3. The second-order valence-corrected chi connectivity index (χ2v) is 4.56. The first-order valence-corrected chi connectivity index (χ1v) is 6.36. The number of H-pyrrole nitrogens is 1. The van der Waals surface area contributed by atoms with Gasteiger partial charge in [-0.05, 0) is 25.1 Å². The van der Waals surface area contributed by atoms with Crippen molar-refractivity contribution in [3.63, 3.8) is 0 Å². The predicted molar refractivity (Wildman–Crippen MR) is 76.6 cm³/mol. The van der Waals surface area contributed by atoms with Gasteiger partial charge in [-0.3, -0.25) is 4.79 Å². The highest BCUT2D eigenvalue weighted by atomic mass is 16.5. The fourth-order valence-electron chi connectivity index (χ4n) is 1.98. The fraction of sp³-hybridized carbons (Fsp3) is 0.143. The van der Waals surface area contributed by atoms with E-state index >= 15 is 0 Å². The van der Waals surface area contributed by atoms with Crippen LogP contribution in [0.4, 0.5) is 5.69 Å². The van der Waals surface area contributed by atoms with Gasteiger partial charge in [-0.1, -0.05) is 5.16 Å². The van der Waals surface area contributed by atoms with Crippen LogP contribution in [0.2, 0.25) is 0 Å². The highest BCUT2D eigenvalue weighted by molar-refractivity contribution is 5.96. The molecule has 0 aliphatic rings. The number of aromatic nitrogens is 2. The number of benzene rings is 1. The topological polar surface area (TPSA) is 113 Å². The van der Waals surface area contributed by atoms with Gasteiger partial charge >= 0.3 is 5.91 Å². The van der Waals surface area contributed by atoms with E-state index in [0.717, 1.165) is 0 Å². The Hall–Kier alpha value is -3.16. The molecule has 3 rings (SSSR count). The first-order valence-electron chi connectivity index (χ1n) is 6.36. The molecule has 8 nitrogen and oxygen atoms in total. The normalized spacial score (nSPS) is 11.4. The number of aromatic amines is 1. The SMILES string of the molecule is COc1ccc2[nH]c(O)c(N=NC(=O)c3cc(C)on3)c2c1. The number of azo groups is 1. The highest BCUT2D eigenvalue weighted by Gasteiger charge is 2.14. The summed E-state index contributed by atoms with van der Waals surface area (Å²) in [6.07, 6.45) is 0. The van der Waals surface area contributed by atoms with Crippen molar-refractivity contribution in [2.75, 3.05) is 7.11 Å². The lowest BCUT2D eigenvalue weighted by Crippen LogP contribution is -1.92. The molecule has 22 heavy (non-hydrogen) atoms. The summed E-state index contributed by atoms with van der Waals surface area (Å²) in [5.41, 5.74) is 0.859. The van der Waals surface area contributed by atoms with Crippen LogP contribution in [0.15, 0.2) is 39.0 Å². The largest absolute Gasteiger partial charge is 0.497 e. The van der Waals surface area contributed by atoms with Crippen molar-refractivity contribution in [1.29, 1.82) is 0 Å². The summed E-state index contributed by atoms with van der Waals surface area (Å²) in [4.78, 5) is 14.6. The van der Waals surface area contributed by atoms with Crippen molar-refractivity contribution >= 4 is 22.5 Å². The summed E-state index contributed by atoms with van der Waals surface area (Å²) < 4.78 is 9.93. The van der Waals surface area contributed by atoms with Gasteiger partial charge in [0, 0.05) is 11.5 Å². The third-order valence-electron chi connectivity index (χ3n) is 3.05. The second kappa shape index (κ2) is 5.32. The number of aromatic hydroxyl groups is 1. The van der Waals surface area contributed by atoms with Gasteiger partial charge in [-0.15, -0.1) is 10.2 Å². The van der Waals surface area contributed by atoms with Crippen molar-refractivity contribution < 1.29 is 19.2 Å². The third kappa shape index (κ3) is 2.41. The quantitative estimate of drug-likeness (QED) is 0.721. The minimum Gasteiger partial charge on any atom is -0.497 e. The number of methoxy groups -OCH3 is 1. The summed E-state index contributed by atoms with van der Waals surface area (Å²) in [7, 11) is 1.53. The molecule has 1 amide bonds. The van der Waals surface area contributed by atoms with Crippen molar-refractivity contribution in [2.24, 2.45) is 10.2 Å². The van der Waals surface area contributed by atoms with Crippen molar-refractivity contribution in [3.8, 4) is 11.6 Å². The Morgan fingerprint density at radius 3 is 2.91 bits per heavy atom. The van der Waals surface area contributed by atoms with Gasteiger partial charge in [0.1, 0.15) is 11.5 Å². The molecule has 0 spiro atoms. The number of hydrogen-bond acceptors (Lipinski definition) is 6. The summed E-state index contributed by atoms with van der Waals surface area (Å²) in [5, 5.41) is 21.4. The number of nitrogens with zero attached hydrogens (tertiary/aromatic N) is 3. The van der Waals surface area contributed by atoms with E-state index in [0.29, 0.717) is 22.4 Å². The average molecular weight is 300 g/mol. The lowest BCUT2D eigenvalue weighted by Gasteiger charge is -1.98. The molecule has 0 aliphatic heterocycles. The number of nitrogens with one attached hydrogen (secondary N) is 1. The predicted octanol–water partition coefficient (Wildman–Crippen LogP) is 3.10. The Balaban J connectivity index is 1.97. The van der Waals surface area contributed by atoms with E-state index in [1.54, 1.807) is 25.1 Å². The van der Waals surface area contributed by atoms with Gasteiger partial charge in [-0.2, -0.15) is 0 Å². The van der Waals surface area contributed by atoms with Gasteiger partial charge in [-0.25, -0.2) is 0 Å². The van der Waals surface area contributed by atoms with E-state index < -0.39 is 5.91 Å². The molecule has 0 saturated carbocycles. The van der Waals surface area contributed by atoms with E-state index in [-0.39, 0.29) is 17.3 Å². The summed E-state index contributed by atoms with van der Waals surface area (Å²) in [5.74, 6) is 0.254. The van der Waals surface area contributed by atoms with Crippen LogP contribution >= 0.6 is 0 Å². The van der Waals surface area contributed by atoms with Crippen molar-refractivity contribution in [1.82, 2.24) is 10.1 Å². The van der Waals surface area contributed by atoms with Crippen LogP contribution in [0.3, 0.4) is 0 Å². The molecule has 0 fully saturated rings. The van der Waals surface area contributed by atoms with E-state index in [1.807, 2.05) is 0 Å². The molecular formula is C14H12N4O4. The van der Waals surface area contributed by atoms with Crippen molar-refractivity contribution in [3.05, 3.63) is 35.7 Å². The molecule has 2 heterocycles. The molecule has 0 bridgehead atoms. The minimum absolute atomic E-state index is 0.0539. The third-order valence-corrected chi connectivity index (χ3v) is 3.05. The number of aryl methyl sites for hydroxylation is 1. The Kier molecular flexibility index (Phi) is 3.34. The number of carbonyl (C=O) groups excluding carboxylic acids is 1. The molecule has 0 atom stereocenters. The number of fused-ring (bicyclic) bond motifs is 1. The summed E-state index contributed by atoms with van der Waals surface area (Å²) in [6.45, 7) is 1.67. The maximum atomic E-state index is 11.8. The number of ether oxygens (including phenoxy) is 1. The first-order chi connectivity index (χ1) is 10.6. The lowest BCUT2D eigenvalue weighted by atomic mass is 10.2. The zero-order chi connectivity index (χ0) is 15.7. The highest BCUT2D eigenvalue weighted by Crippen LogP contribution is 2.37. The average Bonchev–Trinajstić information content (AvgIpc) is 3.07. The van der Waals surface area contributed by atoms with Crippen LogP contribution in [-0.4, -0.2) is 28.3 Å². The molecule has 3 aromatic rings. The van der Waals surface area contributed by atoms with Gasteiger partial charge in [0.2, 0.25) is 5.88 Å². The Morgan fingerprint density at radius 2 is 2.23 bits per heavy atom. The van der Waals surface area contributed by atoms with Gasteiger partial charge in [0.25, 0.3) is 0 Å². The molecule has 0 saturated heterocycles. The molecule has 0 radical (unpaired) electrons. The summed E-state index contributed by atoms with van der Waals surface area (Å²) in [6, 6.07) is 6.61. The zero-order valence-corrected chi connectivity index (χ0v) is 11.8. The maximum Gasteiger partial charge on any atom is 0.317 e. The number of carbonyl (C=O) groups is 1. The van der Waals surface area contributed by atoms with Crippen molar-refractivity contribution in [2.45, 2.75) is 6.92 Å². The van der Waals surface area contributed by atoms with E-state index in [1.165, 1.54) is 13.2 Å². The molecule has 0 aliphatic carbocycles. The monoisotopic (exact) mass is 300 g/mol. The first kappa shape index (κ1) is 13.8. The van der Waals surface area contributed by atoms with Crippen LogP contribution in [0.5, 0.6) is 11.6 Å². The second-order valence-electron chi connectivity index (χ2n) is 4.56. The number of amides is 1. The van der Waals surface area contributed by atoms with Crippen LogP contribution in [0, 0.1) is 6.92 Å². The van der Waals surface area contributed by atoms with E-state index in [9.17, 15) is 9.90 Å². The molecule has 2 aromatic heterocycles. The molecule has 2 N–H and O–H groups in total. The fourth-order valence-corrected chi connectivity index (χ4v) is 1.98. The minimum atomic E-state index is -0.659. The van der Waals surface area contributed by atoms with Gasteiger partial charge in [0.05, 0.1) is 12.6 Å². The number of hydrogen-bond donors (Lipinski definition) is 2.